The molecule has 1 fully saturated rings. The van der Waals surface area contributed by atoms with Crippen LogP contribution in [0.2, 0.25) is 0 Å². The van der Waals surface area contributed by atoms with Gasteiger partial charge in [-0.3, -0.25) is 0 Å². The maximum atomic E-state index is 6.37. The molecule has 0 amide bonds. The minimum absolute atomic E-state index is 0.338. The second-order valence-electron chi connectivity index (χ2n) is 6.53. The van der Waals surface area contributed by atoms with Crippen LogP contribution >= 0.6 is 27.5 Å². The molecule has 0 nitrogen and oxygen atoms in total. The molecule has 1 aromatic carbocycles. The topological polar surface area (TPSA) is 0 Å². The average Bonchev–Trinajstić information content (AvgIpc) is 2.47. The molecule has 0 atom stereocenters. The van der Waals surface area contributed by atoms with Crippen LogP contribution in [0.5, 0.6) is 0 Å². The molecule has 2 heteroatoms. The molecular weight excluding hydrogens is 332 g/mol. The summed E-state index contributed by atoms with van der Waals surface area (Å²) < 4.78 is 1.18. The van der Waals surface area contributed by atoms with Crippen molar-refractivity contribution >= 4 is 27.5 Å². The van der Waals surface area contributed by atoms with E-state index in [1.54, 1.807) is 0 Å². The number of alkyl halides is 1. The fourth-order valence-electron chi connectivity index (χ4n) is 3.51. The minimum Gasteiger partial charge on any atom is -0.126 e. The van der Waals surface area contributed by atoms with Gasteiger partial charge >= 0.3 is 0 Å². The highest BCUT2D eigenvalue weighted by Crippen LogP contribution is 2.43. The molecule has 0 spiro atoms. The summed E-state index contributed by atoms with van der Waals surface area (Å²) in [4.78, 5) is 0. The molecule has 0 N–H and O–H groups in total. The standard InChI is InChI=1S/C18H26BrCl/c1-2-3-5-15-8-10-18(14-20,11-9-15)13-16-6-4-7-17(19)12-16/h4,6-7,12,15H,2-3,5,8-11,13-14H2,1H3. The first-order valence-electron chi connectivity index (χ1n) is 7.98. The third-order valence-electron chi connectivity index (χ3n) is 4.88. The molecule has 1 aromatic rings. The lowest BCUT2D eigenvalue weighted by atomic mass is 9.68. The van der Waals surface area contributed by atoms with Crippen molar-refractivity contribution < 1.29 is 0 Å². The summed E-state index contributed by atoms with van der Waals surface area (Å²) in [6, 6.07) is 8.71. The van der Waals surface area contributed by atoms with E-state index in [1.165, 1.54) is 55.0 Å². The Labute approximate surface area is 137 Å². The highest BCUT2D eigenvalue weighted by Gasteiger charge is 2.34. The van der Waals surface area contributed by atoms with Gasteiger partial charge in [0.1, 0.15) is 0 Å². The zero-order valence-corrected chi connectivity index (χ0v) is 14.8. The van der Waals surface area contributed by atoms with Crippen LogP contribution in [0, 0.1) is 11.3 Å². The van der Waals surface area contributed by atoms with Crippen molar-refractivity contribution in [2.45, 2.75) is 58.3 Å². The van der Waals surface area contributed by atoms with E-state index < -0.39 is 0 Å². The molecule has 0 aliphatic heterocycles. The van der Waals surface area contributed by atoms with Gasteiger partial charge in [-0.1, -0.05) is 54.2 Å². The van der Waals surface area contributed by atoms with Crippen LogP contribution in [-0.4, -0.2) is 5.88 Å². The van der Waals surface area contributed by atoms with Crippen LogP contribution in [0.25, 0.3) is 0 Å². The highest BCUT2D eigenvalue weighted by atomic mass is 79.9. The second kappa shape index (κ2) is 7.84. The Kier molecular flexibility index (Phi) is 6.42. The molecule has 112 valence electrons. The van der Waals surface area contributed by atoms with Gasteiger partial charge in [0.25, 0.3) is 0 Å². The number of hydrogen-bond acceptors (Lipinski definition) is 0. The molecule has 0 heterocycles. The van der Waals surface area contributed by atoms with Crippen LogP contribution in [0.4, 0.5) is 0 Å². The minimum atomic E-state index is 0.338. The van der Waals surface area contributed by atoms with Crippen molar-refractivity contribution in [3.05, 3.63) is 34.3 Å². The number of rotatable bonds is 6. The maximum absolute atomic E-state index is 6.37. The molecule has 2 rings (SSSR count). The van der Waals surface area contributed by atoms with E-state index in [4.69, 9.17) is 11.6 Å². The summed E-state index contributed by atoms with van der Waals surface area (Å²) in [6.07, 6.45) is 10.6. The predicted octanol–water partition coefficient (Wildman–Crippen LogP) is 6.60. The summed E-state index contributed by atoms with van der Waals surface area (Å²) in [7, 11) is 0. The molecule has 1 aliphatic carbocycles. The fraction of sp³-hybridized carbons (Fsp3) is 0.667. The molecule has 0 bridgehead atoms. The van der Waals surface area contributed by atoms with Gasteiger partial charge in [0.2, 0.25) is 0 Å². The van der Waals surface area contributed by atoms with Crippen LogP contribution in [0.1, 0.15) is 57.4 Å². The first-order chi connectivity index (χ1) is 9.67. The highest BCUT2D eigenvalue weighted by molar-refractivity contribution is 9.10. The maximum Gasteiger partial charge on any atom is 0.0283 e. The molecule has 0 unspecified atom stereocenters. The Morgan fingerprint density at radius 1 is 1.30 bits per heavy atom. The van der Waals surface area contributed by atoms with Gasteiger partial charge in [-0.25, -0.2) is 0 Å². The molecule has 0 radical (unpaired) electrons. The van der Waals surface area contributed by atoms with E-state index in [9.17, 15) is 0 Å². The molecule has 0 aromatic heterocycles. The number of halogens is 2. The van der Waals surface area contributed by atoms with Gasteiger partial charge in [-0.15, -0.1) is 11.6 Å². The predicted molar refractivity (Wildman–Crippen MR) is 92.5 cm³/mol. The Bertz CT molecular complexity index is 408. The fourth-order valence-corrected chi connectivity index (χ4v) is 4.32. The Morgan fingerprint density at radius 2 is 2.05 bits per heavy atom. The van der Waals surface area contributed by atoms with Gasteiger partial charge in [0.15, 0.2) is 0 Å². The molecule has 0 saturated heterocycles. The van der Waals surface area contributed by atoms with Crippen LogP contribution in [-0.2, 0) is 6.42 Å². The first-order valence-corrected chi connectivity index (χ1v) is 9.30. The van der Waals surface area contributed by atoms with E-state index in [2.05, 4.69) is 47.1 Å². The van der Waals surface area contributed by atoms with E-state index in [1.807, 2.05) is 0 Å². The molecular formula is C18H26BrCl. The van der Waals surface area contributed by atoms with Crippen molar-refractivity contribution in [1.82, 2.24) is 0 Å². The third-order valence-corrected chi connectivity index (χ3v) is 5.94. The van der Waals surface area contributed by atoms with Crippen LogP contribution < -0.4 is 0 Å². The number of benzene rings is 1. The Hall–Kier alpha value is -0.0100. The van der Waals surface area contributed by atoms with Gasteiger partial charge in [0, 0.05) is 10.4 Å². The molecule has 20 heavy (non-hydrogen) atoms. The number of unbranched alkanes of at least 4 members (excludes halogenated alkanes) is 1. The van der Waals surface area contributed by atoms with E-state index >= 15 is 0 Å². The third kappa shape index (κ3) is 4.49. The zero-order valence-electron chi connectivity index (χ0n) is 12.5. The average molecular weight is 358 g/mol. The van der Waals surface area contributed by atoms with Crippen molar-refractivity contribution in [2.75, 3.05) is 5.88 Å². The lowest BCUT2D eigenvalue weighted by molar-refractivity contribution is 0.166. The lowest BCUT2D eigenvalue weighted by Gasteiger charge is -2.39. The quantitative estimate of drug-likeness (QED) is 0.503. The largest absolute Gasteiger partial charge is 0.126 e. The van der Waals surface area contributed by atoms with Gasteiger partial charge < -0.3 is 0 Å². The summed E-state index contributed by atoms with van der Waals surface area (Å²) in [5.41, 5.74) is 1.76. The van der Waals surface area contributed by atoms with Crippen molar-refractivity contribution in [2.24, 2.45) is 11.3 Å². The van der Waals surface area contributed by atoms with Gasteiger partial charge in [0.05, 0.1) is 0 Å². The summed E-state index contributed by atoms with van der Waals surface area (Å²) >= 11 is 9.94. The van der Waals surface area contributed by atoms with E-state index in [0.29, 0.717) is 5.41 Å². The Morgan fingerprint density at radius 3 is 2.65 bits per heavy atom. The summed E-state index contributed by atoms with van der Waals surface area (Å²) in [6.45, 7) is 2.29. The van der Waals surface area contributed by atoms with Crippen LogP contribution in [0.3, 0.4) is 0 Å². The zero-order chi connectivity index (χ0) is 14.4. The Balaban J connectivity index is 1.94. The van der Waals surface area contributed by atoms with E-state index in [-0.39, 0.29) is 0 Å². The van der Waals surface area contributed by atoms with Gasteiger partial charge in [-0.2, -0.15) is 0 Å². The van der Waals surface area contributed by atoms with Crippen LogP contribution in [0.15, 0.2) is 28.7 Å². The van der Waals surface area contributed by atoms with Crippen molar-refractivity contribution in [3.63, 3.8) is 0 Å². The number of hydrogen-bond donors (Lipinski definition) is 0. The summed E-state index contributed by atoms with van der Waals surface area (Å²) in [5.74, 6) is 1.76. The monoisotopic (exact) mass is 356 g/mol. The first kappa shape index (κ1) is 16.4. The lowest BCUT2D eigenvalue weighted by Crippen LogP contribution is -2.31. The molecule has 1 saturated carbocycles. The SMILES string of the molecule is CCCCC1CCC(CCl)(Cc2cccc(Br)c2)CC1. The van der Waals surface area contributed by atoms with Gasteiger partial charge in [-0.05, 0) is 61.1 Å². The summed E-state index contributed by atoms with van der Waals surface area (Å²) in [5, 5.41) is 0. The van der Waals surface area contributed by atoms with E-state index in [0.717, 1.165) is 18.2 Å². The smallest absolute Gasteiger partial charge is 0.0283 e. The second-order valence-corrected chi connectivity index (χ2v) is 7.71. The normalized spacial score (nSPS) is 26.6. The van der Waals surface area contributed by atoms with Crippen molar-refractivity contribution in [1.29, 1.82) is 0 Å². The molecule has 1 aliphatic rings. The van der Waals surface area contributed by atoms with Crippen molar-refractivity contribution in [3.8, 4) is 0 Å².